The average molecular weight is 221 g/mol. The summed E-state index contributed by atoms with van der Waals surface area (Å²) < 4.78 is 0. The largest absolute Gasteiger partial charge is 0.311 e. The van der Waals surface area contributed by atoms with Crippen molar-refractivity contribution in [1.82, 2.24) is 15.2 Å². The van der Waals surface area contributed by atoms with Gasteiger partial charge >= 0.3 is 0 Å². The molecule has 1 heterocycles. The molecule has 0 saturated heterocycles. The third kappa shape index (κ3) is 2.60. The first-order valence-electron chi connectivity index (χ1n) is 5.67. The van der Waals surface area contributed by atoms with Gasteiger partial charge in [-0.1, -0.05) is 6.07 Å². The zero-order valence-corrected chi connectivity index (χ0v) is 11.2. The zero-order valence-electron chi connectivity index (χ0n) is 11.2. The molecule has 16 heavy (non-hydrogen) atoms. The molecule has 3 nitrogen and oxygen atoms in total. The SMILES string of the molecule is CNC(c1ccc(C)nc1)C(C)(C)N(C)C. The van der Waals surface area contributed by atoms with E-state index in [0.29, 0.717) is 0 Å². The van der Waals surface area contributed by atoms with Crippen LogP contribution in [0.3, 0.4) is 0 Å². The average Bonchev–Trinajstić information content (AvgIpc) is 2.21. The summed E-state index contributed by atoms with van der Waals surface area (Å²) in [7, 11) is 6.20. The lowest BCUT2D eigenvalue weighted by Crippen LogP contribution is -2.48. The van der Waals surface area contributed by atoms with Gasteiger partial charge in [-0.15, -0.1) is 0 Å². The molecule has 0 amide bonds. The first kappa shape index (κ1) is 13.1. The van der Waals surface area contributed by atoms with Crippen molar-refractivity contribution in [3.63, 3.8) is 0 Å². The maximum absolute atomic E-state index is 4.36. The van der Waals surface area contributed by atoms with Gasteiger partial charge in [0.15, 0.2) is 0 Å². The van der Waals surface area contributed by atoms with Gasteiger partial charge in [0, 0.05) is 17.4 Å². The third-order valence-corrected chi connectivity index (χ3v) is 3.42. The Bertz CT molecular complexity index is 328. The van der Waals surface area contributed by atoms with Crippen molar-refractivity contribution < 1.29 is 0 Å². The van der Waals surface area contributed by atoms with E-state index in [1.54, 1.807) is 0 Å². The van der Waals surface area contributed by atoms with Crippen LogP contribution in [0.1, 0.15) is 31.1 Å². The second-order valence-corrected chi connectivity index (χ2v) is 5.00. The second-order valence-electron chi connectivity index (χ2n) is 5.00. The predicted octanol–water partition coefficient (Wildman–Crippen LogP) is 1.99. The Morgan fingerprint density at radius 1 is 1.31 bits per heavy atom. The molecule has 90 valence electrons. The van der Waals surface area contributed by atoms with Gasteiger partial charge < -0.3 is 10.2 Å². The molecular weight excluding hydrogens is 198 g/mol. The Hall–Kier alpha value is -0.930. The molecule has 0 fully saturated rings. The molecule has 1 aromatic rings. The van der Waals surface area contributed by atoms with Crippen molar-refractivity contribution in [3.05, 3.63) is 29.6 Å². The van der Waals surface area contributed by atoms with Crippen LogP contribution in [-0.4, -0.2) is 36.6 Å². The number of aromatic nitrogens is 1. The molecule has 0 bridgehead atoms. The fraction of sp³-hybridized carbons (Fsp3) is 0.615. The highest BCUT2D eigenvalue weighted by Gasteiger charge is 2.31. The van der Waals surface area contributed by atoms with Crippen LogP contribution in [0.15, 0.2) is 18.3 Å². The molecule has 0 spiro atoms. The maximum Gasteiger partial charge on any atom is 0.0514 e. The lowest BCUT2D eigenvalue weighted by atomic mass is 9.88. The van der Waals surface area contributed by atoms with E-state index >= 15 is 0 Å². The summed E-state index contributed by atoms with van der Waals surface area (Å²) in [6.07, 6.45) is 1.96. The molecule has 1 rings (SSSR count). The van der Waals surface area contributed by atoms with Gasteiger partial charge in [0.1, 0.15) is 0 Å². The summed E-state index contributed by atoms with van der Waals surface area (Å²) in [6, 6.07) is 4.48. The van der Waals surface area contributed by atoms with Gasteiger partial charge in [-0.3, -0.25) is 4.98 Å². The Morgan fingerprint density at radius 2 is 1.94 bits per heavy atom. The first-order valence-corrected chi connectivity index (χ1v) is 5.67. The quantitative estimate of drug-likeness (QED) is 0.843. The van der Waals surface area contributed by atoms with Gasteiger partial charge in [0.05, 0.1) is 6.04 Å². The summed E-state index contributed by atoms with van der Waals surface area (Å²) in [5, 5.41) is 3.38. The van der Waals surface area contributed by atoms with Crippen molar-refractivity contribution >= 4 is 0 Å². The molecule has 0 aliphatic rings. The molecule has 1 aromatic heterocycles. The van der Waals surface area contributed by atoms with Crippen LogP contribution in [-0.2, 0) is 0 Å². The number of rotatable bonds is 4. The summed E-state index contributed by atoms with van der Waals surface area (Å²) in [6.45, 7) is 6.47. The molecule has 0 saturated carbocycles. The molecule has 0 aliphatic heterocycles. The minimum absolute atomic E-state index is 0.0473. The van der Waals surface area contributed by atoms with Crippen LogP contribution in [0.4, 0.5) is 0 Å². The predicted molar refractivity (Wildman–Crippen MR) is 68.5 cm³/mol. The molecule has 3 heteroatoms. The zero-order chi connectivity index (χ0) is 12.3. The summed E-state index contributed by atoms with van der Waals surface area (Å²) in [4.78, 5) is 6.59. The lowest BCUT2D eigenvalue weighted by Gasteiger charge is -2.40. The van der Waals surface area contributed by atoms with E-state index in [0.717, 1.165) is 5.69 Å². The van der Waals surface area contributed by atoms with E-state index in [-0.39, 0.29) is 11.6 Å². The number of nitrogens with one attached hydrogen (secondary N) is 1. The van der Waals surface area contributed by atoms with E-state index in [9.17, 15) is 0 Å². The van der Waals surface area contributed by atoms with Gasteiger partial charge in [-0.2, -0.15) is 0 Å². The van der Waals surface area contributed by atoms with E-state index in [2.05, 4.69) is 55.3 Å². The topological polar surface area (TPSA) is 28.2 Å². The molecule has 1 atom stereocenters. The third-order valence-electron chi connectivity index (χ3n) is 3.42. The smallest absolute Gasteiger partial charge is 0.0514 e. The summed E-state index contributed by atoms with van der Waals surface area (Å²) in [5.74, 6) is 0. The second kappa shape index (κ2) is 4.93. The van der Waals surface area contributed by atoms with E-state index in [4.69, 9.17) is 0 Å². The van der Waals surface area contributed by atoms with E-state index < -0.39 is 0 Å². The van der Waals surface area contributed by atoms with Gasteiger partial charge in [0.25, 0.3) is 0 Å². The number of pyridine rings is 1. The summed E-state index contributed by atoms with van der Waals surface area (Å²) >= 11 is 0. The van der Waals surface area contributed by atoms with Crippen molar-refractivity contribution in [2.75, 3.05) is 21.1 Å². The van der Waals surface area contributed by atoms with Crippen LogP contribution in [0.2, 0.25) is 0 Å². The van der Waals surface area contributed by atoms with Gasteiger partial charge in [-0.25, -0.2) is 0 Å². The van der Waals surface area contributed by atoms with Crippen LogP contribution in [0, 0.1) is 6.92 Å². The standard InChI is InChI=1S/C13H23N3/c1-10-7-8-11(9-15-10)12(14-4)13(2,3)16(5)6/h7-9,12,14H,1-6H3. The van der Waals surface area contributed by atoms with Crippen LogP contribution >= 0.6 is 0 Å². The Morgan fingerprint density at radius 3 is 2.31 bits per heavy atom. The number of nitrogens with zero attached hydrogens (tertiary/aromatic N) is 2. The minimum Gasteiger partial charge on any atom is -0.311 e. The molecule has 0 aromatic carbocycles. The van der Waals surface area contributed by atoms with Crippen LogP contribution in [0.5, 0.6) is 0 Å². The first-order chi connectivity index (χ1) is 7.39. The highest BCUT2D eigenvalue weighted by molar-refractivity contribution is 5.21. The Balaban J connectivity index is 3.03. The highest BCUT2D eigenvalue weighted by atomic mass is 15.2. The number of hydrogen-bond donors (Lipinski definition) is 1. The normalized spacial score (nSPS) is 14.2. The van der Waals surface area contributed by atoms with Crippen LogP contribution in [0.25, 0.3) is 0 Å². The number of likely N-dealkylation sites (N-methyl/N-ethyl adjacent to an activating group) is 2. The monoisotopic (exact) mass is 221 g/mol. The number of aryl methyl sites for hydroxylation is 1. The number of hydrogen-bond acceptors (Lipinski definition) is 3. The Labute approximate surface area is 98.9 Å². The Kier molecular flexibility index (Phi) is 4.05. The molecule has 1 unspecified atom stereocenters. The highest BCUT2D eigenvalue weighted by Crippen LogP contribution is 2.28. The van der Waals surface area contributed by atoms with Crippen molar-refractivity contribution in [2.45, 2.75) is 32.4 Å². The van der Waals surface area contributed by atoms with Gasteiger partial charge in [0.2, 0.25) is 0 Å². The van der Waals surface area contributed by atoms with E-state index in [1.165, 1.54) is 5.56 Å². The fourth-order valence-corrected chi connectivity index (χ4v) is 1.84. The van der Waals surface area contributed by atoms with Gasteiger partial charge in [-0.05, 0) is 53.5 Å². The molecule has 1 N–H and O–H groups in total. The van der Waals surface area contributed by atoms with Crippen LogP contribution < -0.4 is 5.32 Å². The molecular formula is C13H23N3. The van der Waals surface area contributed by atoms with Crippen molar-refractivity contribution in [3.8, 4) is 0 Å². The molecule has 0 aliphatic carbocycles. The molecule has 0 radical (unpaired) electrons. The van der Waals surface area contributed by atoms with Crippen molar-refractivity contribution in [1.29, 1.82) is 0 Å². The van der Waals surface area contributed by atoms with Crippen molar-refractivity contribution in [2.24, 2.45) is 0 Å². The van der Waals surface area contributed by atoms with E-state index in [1.807, 2.05) is 20.2 Å². The summed E-state index contributed by atoms with van der Waals surface area (Å²) in [5.41, 5.74) is 2.33. The minimum atomic E-state index is 0.0473. The fourth-order valence-electron chi connectivity index (χ4n) is 1.84. The lowest BCUT2D eigenvalue weighted by molar-refractivity contribution is 0.142. The maximum atomic E-state index is 4.36.